The van der Waals surface area contributed by atoms with Crippen LogP contribution >= 0.6 is 23.1 Å². The summed E-state index contributed by atoms with van der Waals surface area (Å²) in [6.45, 7) is 2.05. The van der Waals surface area contributed by atoms with E-state index in [2.05, 4.69) is 46.7 Å². The number of benzene rings is 2. The second-order valence-electron chi connectivity index (χ2n) is 8.21. The van der Waals surface area contributed by atoms with Crippen LogP contribution in [0.5, 0.6) is 0 Å². The lowest BCUT2D eigenvalue weighted by Crippen LogP contribution is -2.13. The molecule has 0 N–H and O–H groups in total. The van der Waals surface area contributed by atoms with Crippen LogP contribution in [0.15, 0.2) is 83.5 Å². The highest BCUT2D eigenvalue weighted by atomic mass is 32.2. The number of ether oxygens (including phenoxy) is 1. The molecule has 36 heavy (non-hydrogen) atoms. The first kappa shape index (κ1) is 22.7. The van der Waals surface area contributed by atoms with Gasteiger partial charge in [0, 0.05) is 20.6 Å². The summed E-state index contributed by atoms with van der Waals surface area (Å²) in [5, 5.41) is 8.41. The number of carbonyl (C=O) groups is 1. The van der Waals surface area contributed by atoms with Gasteiger partial charge in [-0.05, 0) is 46.9 Å². The molecular weight excluding hydrogens is 490 g/mol. The lowest BCUT2D eigenvalue weighted by Gasteiger charge is -2.15. The number of rotatable bonds is 6. The van der Waals surface area contributed by atoms with E-state index < -0.39 is 5.97 Å². The third-order valence-corrected chi connectivity index (χ3v) is 8.49. The number of thioether (sulfide) groups is 1. The van der Waals surface area contributed by atoms with Crippen LogP contribution in [0.1, 0.15) is 40.2 Å². The zero-order valence-electron chi connectivity index (χ0n) is 19.4. The van der Waals surface area contributed by atoms with E-state index in [1.165, 1.54) is 0 Å². The van der Waals surface area contributed by atoms with Crippen LogP contribution in [0.2, 0.25) is 0 Å². The number of thiophene rings is 1. The molecule has 0 spiro atoms. The van der Waals surface area contributed by atoms with Gasteiger partial charge < -0.3 is 4.74 Å². The first-order chi connectivity index (χ1) is 17.7. The lowest BCUT2D eigenvalue weighted by molar-refractivity contribution is 0.0518. The Hall–Kier alpha value is -3.75. The van der Waals surface area contributed by atoms with Gasteiger partial charge in [0.05, 0.1) is 11.5 Å². The summed E-state index contributed by atoms with van der Waals surface area (Å²) in [6.07, 6.45) is 2.93. The molecule has 178 valence electrons. The van der Waals surface area contributed by atoms with E-state index in [0.29, 0.717) is 22.3 Å². The number of hydrogen-bond acceptors (Lipinski definition) is 8. The monoisotopic (exact) mass is 511 g/mol. The first-order valence-corrected chi connectivity index (χ1v) is 13.3. The Balaban J connectivity index is 1.45. The Labute approximate surface area is 216 Å². The van der Waals surface area contributed by atoms with Gasteiger partial charge in [-0.15, -0.1) is 23.1 Å². The molecule has 6 rings (SSSR count). The number of aromatic nitrogens is 3. The maximum atomic E-state index is 13.2. The van der Waals surface area contributed by atoms with E-state index in [-0.39, 0.29) is 17.6 Å². The summed E-state index contributed by atoms with van der Waals surface area (Å²) in [6, 6.07) is 24.4. The fraction of sp³-hybridized carbons (Fsp3) is 0.143. The Morgan fingerprint density at radius 2 is 1.64 bits per heavy atom. The van der Waals surface area contributed by atoms with E-state index in [9.17, 15) is 4.79 Å². The summed E-state index contributed by atoms with van der Waals surface area (Å²) in [4.78, 5) is 21.2. The van der Waals surface area contributed by atoms with Crippen molar-refractivity contribution < 1.29 is 14.2 Å². The van der Waals surface area contributed by atoms with Crippen molar-refractivity contribution in [2.24, 2.45) is 0 Å². The quantitative estimate of drug-likeness (QED) is 0.220. The van der Waals surface area contributed by atoms with Gasteiger partial charge in [0.25, 0.3) is 0 Å². The highest BCUT2D eigenvalue weighted by molar-refractivity contribution is 8.08. The predicted molar refractivity (Wildman–Crippen MR) is 144 cm³/mol. The molecule has 0 saturated heterocycles. The number of fused-ring (bicyclic) bond motifs is 1. The van der Waals surface area contributed by atoms with Gasteiger partial charge in [-0.2, -0.15) is 0 Å². The third-order valence-electron chi connectivity index (χ3n) is 5.98. The number of allylic oxidation sites excluding steroid dienone is 1. The van der Waals surface area contributed by atoms with Crippen LogP contribution in [0.4, 0.5) is 0 Å². The molecule has 1 unspecified atom stereocenters. The van der Waals surface area contributed by atoms with Crippen molar-refractivity contribution in [3.8, 4) is 21.0 Å². The fourth-order valence-electron chi connectivity index (χ4n) is 4.34. The number of hydrogen-bond donors (Lipinski definition) is 0. The largest absolute Gasteiger partial charge is 0.461 e. The van der Waals surface area contributed by atoms with E-state index in [1.54, 1.807) is 30.0 Å². The first-order valence-electron chi connectivity index (χ1n) is 11.6. The van der Waals surface area contributed by atoms with Crippen LogP contribution in [0, 0.1) is 0 Å². The highest BCUT2D eigenvalue weighted by Crippen LogP contribution is 2.51. The van der Waals surface area contributed by atoms with Crippen molar-refractivity contribution in [2.45, 2.75) is 18.6 Å². The molecule has 8 heteroatoms. The predicted octanol–water partition coefficient (Wildman–Crippen LogP) is 7.41. The minimum Gasteiger partial charge on any atom is -0.461 e. The van der Waals surface area contributed by atoms with Crippen LogP contribution in [0.3, 0.4) is 0 Å². The van der Waals surface area contributed by atoms with Crippen molar-refractivity contribution in [1.82, 2.24) is 15.3 Å². The van der Waals surface area contributed by atoms with Crippen molar-refractivity contribution >= 4 is 45.0 Å². The molecule has 3 aromatic heterocycles. The summed E-state index contributed by atoms with van der Waals surface area (Å²) in [5.41, 5.74) is 4.92. The van der Waals surface area contributed by atoms with Crippen molar-refractivity contribution in [1.29, 1.82) is 0 Å². The number of nitrogens with zero attached hydrogens (tertiary/aromatic N) is 3. The second-order valence-corrected chi connectivity index (χ2v) is 10.5. The zero-order chi connectivity index (χ0) is 24.5. The second kappa shape index (κ2) is 9.72. The summed E-state index contributed by atoms with van der Waals surface area (Å²) in [5.74, 6) is -0.466. The topological polar surface area (TPSA) is 78.1 Å². The minimum atomic E-state index is -0.466. The SMILES string of the molecule is CCOC(=O)c1nc(-c2ccc(-c3ccccc3)s2)c2nonc2c1C1CC=C(c2ccccc2)S1. The maximum Gasteiger partial charge on any atom is 0.357 e. The van der Waals surface area contributed by atoms with Gasteiger partial charge in [0.15, 0.2) is 11.2 Å². The Morgan fingerprint density at radius 3 is 2.39 bits per heavy atom. The third kappa shape index (κ3) is 4.12. The van der Waals surface area contributed by atoms with Gasteiger partial charge >= 0.3 is 5.97 Å². The normalized spacial score (nSPS) is 15.2. The van der Waals surface area contributed by atoms with Crippen LogP contribution in [-0.2, 0) is 4.74 Å². The zero-order valence-corrected chi connectivity index (χ0v) is 21.0. The van der Waals surface area contributed by atoms with Gasteiger partial charge in [0.2, 0.25) is 0 Å². The lowest BCUT2D eigenvalue weighted by atomic mass is 10.0. The maximum absolute atomic E-state index is 13.2. The van der Waals surface area contributed by atoms with Gasteiger partial charge in [0.1, 0.15) is 11.2 Å². The Bertz CT molecular complexity index is 1580. The molecule has 4 heterocycles. The fourth-order valence-corrected chi connectivity index (χ4v) is 6.65. The minimum absolute atomic E-state index is 0.0567. The van der Waals surface area contributed by atoms with Crippen molar-refractivity contribution in [2.75, 3.05) is 6.61 Å². The van der Waals surface area contributed by atoms with Crippen LogP contribution in [0.25, 0.3) is 37.0 Å². The van der Waals surface area contributed by atoms with E-state index in [0.717, 1.165) is 32.2 Å². The highest BCUT2D eigenvalue weighted by Gasteiger charge is 2.32. The smallest absolute Gasteiger partial charge is 0.357 e. The number of pyridine rings is 1. The van der Waals surface area contributed by atoms with E-state index in [4.69, 9.17) is 14.3 Å². The summed E-state index contributed by atoms with van der Waals surface area (Å²) >= 11 is 3.28. The molecule has 0 fully saturated rings. The number of carbonyl (C=O) groups excluding carboxylic acids is 1. The van der Waals surface area contributed by atoms with Crippen molar-refractivity contribution in [3.63, 3.8) is 0 Å². The molecule has 2 aromatic carbocycles. The molecular formula is C28H21N3O3S2. The van der Waals surface area contributed by atoms with E-state index >= 15 is 0 Å². The van der Waals surface area contributed by atoms with Gasteiger partial charge in [-0.1, -0.05) is 66.7 Å². The molecule has 0 radical (unpaired) electrons. The van der Waals surface area contributed by atoms with Gasteiger partial charge in [-0.3, -0.25) is 0 Å². The molecule has 6 nitrogen and oxygen atoms in total. The number of esters is 1. The van der Waals surface area contributed by atoms with E-state index in [1.807, 2.05) is 42.5 Å². The molecule has 0 amide bonds. The van der Waals surface area contributed by atoms with Crippen LogP contribution < -0.4 is 0 Å². The molecule has 1 aliphatic rings. The molecule has 1 atom stereocenters. The Morgan fingerprint density at radius 1 is 0.944 bits per heavy atom. The summed E-state index contributed by atoms with van der Waals surface area (Å²) < 4.78 is 10.6. The molecule has 0 aliphatic carbocycles. The standard InChI is InChI=1S/C28H21N3O3S2/c1-2-33-28(32)26-23(21-15-13-19(35-21)17-9-5-3-6-10-17)25-27(31-34-30-25)24(29-26)22-16-14-20(36-22)18-11-7-4-8-12-18/h3-14,16,21H,2,15H2,1H3. The molecule has 0 bridgehead atoms. The van der Waals surface area contributed by atoms with Crippen LogP contribution in [-0.4, -0.2) is 27.9 Å². The van der Waals surface area contributed by atoms with Gasteiger partial charge in [-0.25, -0.2) is 14.4 Å². The average Bonchev–Trinajstić information content (AvgIpc) is 3.70. The molecule has 5 aromatic rings. The van der Waals surface area contributed by atoms with Crippen molar-refractivity contribution in [3.05, 3.63) is 95.7 Å². The summed E-state index contributed by atoms with van der Waals surface area (Å²) in [7, 11) is 0. The Kier molecular flexibility index (Phi) is 6.13. The average molecular weight is 512 g/mol. The molecule has 0 saturated carbocycles. The molecule has 1 aliphatic heterocycles.